The Morgan fingerprint density at radius 2 is 2.25 bits per heavy atom. The molecule has 0 bridgehead atoms. The number of aromatic nitrogens is 1. The van der Waals surface area contributed by atoms with Crippen molar-refractivity contribution in [2.75, 3.05) is 6.54 Å². The molecule has 0 aliphatic carbocycles. The Hall–Kier alpha value is -1.59. The van der Waals surface area contributed by atoms with E-state index in [9.17, 15) is 4.79 Å². The number of hydrogen-bond donors (Lipinski definition) is 3. The number of rotatable bonds is 4. The average Bonchev–Trinajstić information content (AvgIpc) is 2.64. The highest BCUT2D eigenvalue weighted by molar-refractivity contribution is 5.72. The van der Waals surface area contributed by atoms with Gasteiger partial charge >= 0.3 is 5.76 Å². The molecule has 16 heavy (non-hydrogen) atoms. The molecule has 1 unspecified atom stereocenters. The zero-order chi connectivity index (χ0) is 11.5. The van der Waals surface area contributed by atoms with E-state index < -0.39 is 5.76 Å². The van der Waals surface area contributed by atoms with E-state index >= 15 is 0 Å². The third-order valence-corrected chi connectivity index (χ3v) is 2.59. The Morgan fingerprint density at radius 3 is 3.00 bits per heavy atom. The fourth-order valence-electron chi connectivity index (χ4n) is 1.70. The van der Waals surface area contributed by atoms with Gasteiger partial charge in [0.05, 0.1) is 5.52 Å². The topological polar surface area (TPSA) is 98.0 Å². The molecule has 86 valence electrons. The molecule has 0 spiro atoms. The predicted octanol–water partition coefficient (Wildman–Crippen LogP) is 0.860. The maximum Gasteiger partial charge on any atom is 0.417 e. The summed E-state index contributed by atoms with van der Waals surface area (Å²) in [6.45, 7) is 0.634. The Labute approximate surface area is 92.4 Å². The molecule has 1 aromatic heterocycles. The summed E-state index contributed by atoms with van der Waals surface area (Å²) in [5, 5.41) is 0. The van der Waals surface area contributed by atoms with Crippen LogP contribution in [0.1, 0.15) is 24.4 Å². The van der Waals surface area contributed by atoms with Crippen LogP contribution >= 0.6 is 0 Å². The molecule has 0 fully saturated rings. The zero-order valence-corrected chi connectivity index (χ0v) is 8.90. The minimum absolute atomic E-state index is 0.0619. The molecule has 0 aliphatic heterocycles. The van der Waals surface area contributed by atoms with Gasteiger partial charge in [0.15, 0.2) is 5.58 Å². The fourth-order valence-corrected chi connectivity index (χ4v) is 1.70. The van der Waals surface area contributed by atoms with Crippen LogP contribution in [0, 0.1) is 0 Å². The van der Waals surface area contributed by atoms with E-state index in [1.807, 2.05) is 6.07 Å². The van der Waals surface area contributed by atoms with Crippen LogP contribution in [-0.2, 0) is 0 Å². The van der Waals surface area contributed by atoms with Crippen molar-refractivity contribution in [3.8, 4) is 0 Å². The van der Waals surface area contributed by atoms with Crippen molar-refractivity contribution >= 4 is 11.1 Å². The molecule has 0 amide bonds. The molecule has 0 saturated carbocycles. The summed E-state index contributed by atoms with van der Waals surface area (Å²) in [5.74, 6) is -0.442. The number of nitrogens with two attached hydrogens (primary N) is 2. The quantitative estimate of drug-likeness (QED) is 0.713. The SMILES string of the molecule is NCCCC(N)c1ccc2[nH]c(=O)oc2c1. The van der Waals surface area contributed by atoms with E-state index in [1.54, 1.807) is 12.1 Å². The predicted molar refractivity (Wildman–Crippen MR) is 62.1 cm³/mol. The van der Waals surface area contributed by atoms with Gasteiger partial charge in [0.2, 0.25) is 0 Å². The number of benzene rings is 1. The van der Waals surface area contributed by atoms with E-state index in [1.165, 1.54) is 0 Å². The number of H-pyrrole nitrogens is 1. The van der Waals surface area contributed by atoms with Gasteiger partial charge in [-0.1, -0.05) is 6.07 Å². The molecule has 2 rings (SSSR count). The van der Waals surface area contributed by atoms with Gasteiger partial charge in [-0.15, -0.1) is 0 Å². The Kier molecular flexibility index (Phi) is 3.07. The van der Waals surface area contributed by atoms with E-state index in [0.29, 0.717) is 17.6 Å². The minimum Gasteiger partial charge on any atom is -0.408 e. The lowest BCUT2D eigenvalue weighted by Crippen LogP contribution is -2.12. The number of aromatic amines is 1. The van der Waals surface area contributed by atoms with Crippen molar-refractivity contribution in [3.05, 3.63) is 34.3 Å². The summed E-state index contributed by atoms with van der Waals surface area (Å²) in [6, 6.07) is 5.44. The fraction of sp³-hybridized carbons (Fsp3) is 0.364. The molecule has 1 heterocycles. The van der Waals surface area contributed by atoms with Crippen LogP contribution in [-0.4, -0.2) is 11.5 Å². The van der Waals surface area contributed by atoms with Gasteiger partial charge in [-0.25, -0.2) is 4.79 Å². The number of nitrogens with one attached hydrogen (secondary N) is 1. The molecule has 5 N–H and O–H groups in total. The van der Waals surface area contributed by atoms with Crippen molar-refractivity contribution in [3.63, 3.8) is 0 Å². The summed E-state index contributed by atoms with van der Waals surface area (Å²) in [7, 11) is 0. The highest BCUT2D eigenvalue weighted by atomic mass is 16.4. The van der Waals surface area contributed by atoms with Gasteiger partial charge in [-0.05, 0) is 37.1 Å². The summed E-state index contributed by atoms with van der Waals surface area (Å²) in [5.41, 5.74) is 13.6. The molecule has 1 aromatic carbocycles. The normalized spacial score (nSPS) is 13.1. The summed E-state index contributed by atoms with van der Waals surface area (Å²) < 4.78 is 4.97. The molecule has 0 aliphatic rings. The first kappa shape index (κ1) is 10.9. The van der Waals surface area contributed by atoms with Crippen LogP contribution in [0.3, 0.4) is 0 Å². The number of hydrogen-bond acceptors (Lipinski definition) is 4. The molecule has 0 saturated heterocycles. The maximum atomic E-state index is 11.0. The second kappa shape index (κ2) is 4.51. The monoisotopic (exact) mass is 221 g/mol. The first-order valence-electron chi connectivity index (χ1n) is 5.29. The van der Waals surface area contributed by atoms with Crippen molar-refractivity contribution in [1.82, 2.24) is 4.98 Å². The molecular weight excluding hydrogens is 206 g/mol. The standard InChI is InChI=1S/C11H15N3O2/c12-5-1-2-8(13)7-3-4-9-10(6-7)16-11(15)14-9/h3-4,6,8H,1-2,5,12-13H2,(H,14,15). The highest BCUT2D eigenvalue weighted by Gasteiger charge is 2.08. The van der Waals surface area contributed by atoms with Gasteiger partial charge in [0.25, 0.3) is 0 Å². The molecule has 5 heteroatoms. The summed E-state index contributed by atoms with van der Waals surface area (Å²) in [4.78, 5) is 13.6. The Morgan fingerprint density at radius 1 is 1.44 bits per heavy atom. The van der Waals surface area contributed by atoms with Gasteiger partial charge < -0.3 is 15.9 Å². The van der Waals surface area contributed by atoms with Crippen molar-refractivity contribution in [1.29, 1.82) is 0 Å². The Balaban J connectivity index is 2.27. The first-order valence-corrected chi connectivity index (χ1v) is 5.29. The van der Waals surface area contributed by atoms with Gasteiger partial charge in [-0.3, -0.25) is 4.98 Å². The second-order valence-corrected chi connectivity index (χ2v) is 3.81. The van der Waals surface area contributed by atoms with E-state index in [2.05, 4.69) is 4.98 Å². The third kappa shape index (κ3) is 2.15. The molecule has 1 atom stereocenters. The minimum atomic E-state index is -0.442. The van der Waals surface area contributed by atoms with Gasteiger partial charge in [-0.2, -0.15) is 0 Å². The number of fused-ring (bicyclic) bond motifs is 1. The van der Waals surface area contributed by atoms with Crippen molar-refractivity contribution < 1.29 is 4.42 Å². The maximum absolute atomic E-state index is 11.0. The van der Waals surface area contributed by atoms with E-state index in [-0.39, 0.29) is 6.04 Å². The van der Waals surface area contributed by atoms with Crippen LogP contribution in [0.25, 0.3) is 11.1 Å². The molecule has 0 radical (unpaired) electrons. The van der Waals surface area contributed by atoms with Crippen molar-refractivity contribution in [2.24, 2.45) is 11.5 Å². The van der Waals surface area contributed by atoms with E-state index in [0.717, 1.165) is 18.4 Å². The molecular formula is C11H15N3O2. The zero-order valence-electron chi connectivity index (χ0n) is 8.90. The largest absolute Gasteiger partial charge is 0.417 e. The Bertz CT molecular complexity index is 529. The summed E-state index contributed by atoms with van der Waals surface area (Å²) in [6.07, 6.45) is 1.72. The lowest BCUT2D eigenvalue weighted by atomic mass is 10.0. The van der Waals surface area contributed by atoms with Crippen LogP contribution < -0.4 is 17.2 Å². The van der Waals surface area contributed by atoms with Crippen molar-refractivity contribution in [2.45, 2.75) is 18.9 Å². The first-order chi connectivity index (χ1) is 7.70. The van der Waals surface area contributed by atoms with Crippen LogP contribution in [0.2, 0.25) is 0 Å². The van der Waals surface area contributed by atoms with Crippen LogP contribution in [0.15, 0.2) is 27.4 Å². The second-order valence-electron chi connectivity index (χ2n) is 3.81. The average molecular weight is 221 g/mol. The van der Waals surface area contributed by atoms with Gasteiger partial charge in [0, 0.05) is 6.04 Å². The van der Waals surface area contributed by atoms with E-state index in [4.69, 9.17) is 15.9 Å². The lowest BCUT2D eigenvalue weighted by molar-refractivity contribution is 0.553. The summed E-state index contributed by atoms with van der Waals surface area (Å²) >= 11 is 0. The van der Waals surface area contributed by atoms with Gasteiger partial charge in [0.1, 0.15) is 0 Å². The van der Waals surface area contributed by atoms with Crippen LogP contribution in [0.5, 0.6) is 0 Å². The molecule has 2 aromatic rings. The van der Waals surface area contributed by atoms with Crippen LogP contribution in [0.4, 0.5) is 0 Å². The lowest BCUT2D eigenvalue weighted by Gasteiger charge is -2.10. The third-order valence-electron chi connectivity index (χ3n) is 2.59. The smallest absolute Gasteiger partial charge is 0.408 e. The number of oxazole rings is 1. The molecule has 5 nitrogen and oxygen atoms in total. The highest BCUT2D eigenvalue weighted by Crippen LogP contribution is 2.19.